The van der Waals surface area contributed by atoms with Crippen molar-refractivity contribution in [3.63, 3.8) is 0 Å². The highest BCUT2D eigenvalue weighted by atomic mass is 32.1. The van der Waals surface area contributed by atoms with E-state index in [4.69, 9.17) is 0 Å². The van der Waals surface area contributed by atoms with Gasteiger partial charge < -0.3 is 20.4 Å². The molecule has 9 heteroatoms. The van der Waals surface area contributed by atoms with Crippen LogP contribution < -0.4 is 10.6 Å². The monoisotopic (exact) mass is 366 g/mol. The average Bonchev–Trinajstić information content (AvgIpc) is 3.03. The van der Waals surface area contributed by atoms with E-state index in [1.54, 1.807) is 12.4 Å². The van der Waals surface area contributed by atoms with E-state index < -0.39 is 0 Å². The first-order valence-corrected chi connectivity index (χ1v) is 9.38. The van der Waals surface area contributed by atoms with Crippen LogP contribution >= 0.6 is 11.3 Å². The number of guanidine groups is 1. The van der Waals surface area contributed by atoms with E-state index in [1.807, 2.05) is 18.7 Å². The Bertz CT molecular complexity index is 622. The second kappa shape index (κ2) is 9.36. The normalized spacial score (nSPS) is 15.2. The van der Waals surface area contributed by atoms with Gasteiger partial charge in [0, 0.05) is 46.2 Å². The van der Waals surface area contributed by atoms with E-state index in [1.165, 1.54) is 11.3 Å². The van der Waals surface area contributed by atoms with Crippen LogP contribution in [0.4, 0.5) is 0 Å². The Hall–Kier alpha value is -2.16. The van der Waals surface area contributed by atoms with Crippen molar-refractivity contribution in [3.8, 4) is 0 Å². The highest BCUT2D eigenvalue weighted by Crippen LogP contribution is 2.11. The summed E-state index contributed by atoms with van der Waals surface area (Å²) in [6.45, 7) is 10.1. The number of carbonyl (C=O) groups is 2. The summed E-state index contributed by atoms with van der Waals surface area (Å²) in [7, 11) is 0. The van der Waals surface area contributed by atoms with Crippen molar-refractivity contribution < 1.29 is 9.59 Å². The summed E-state index contributed by atoms with van der Waals surface area (Å²) in [5, 5.41) is 6.15. The van der Waals surface area contributed by atoms with Crippen molar-refractivity contribution in [3.05, 3.63) is 16.1 Å². The van der Waals surface area contributed by atoms with Gasteiger partial charge in [-0.3, -0.25) is 14.6 Å². The molecule has 1 fully saturated rings. The van der Waals surface area contributed by atoms with E-state index >= 15 is 0 Å². The van der Waals surface area contributed by atoms with Gasteiger partial charge in [-0.2, -0.15) is 0 Å². The van der Waals surface area contributed by atoms with Gasteiger partial charge in [0.15, 0.2) is 5.96 Å². The zero-order chi connectivity index (χ0) is 18.2. The fraction of sp³-hybridized carbons (Fsp3) is 0.625. The van der Waals surface area contributed by atoms with Crippen molar-refractivity contribution in [2.45, 2.75) is 20.8 Å². The van der Waals surface area contributed by atoms with Crippen LogP contribution in [0.15, 0.2) is 10.5 Å². The van der Waals surface area contributed by atoms with Gasteiger partial charge in [0.1, 0.15) is 4.88 Å². The number of aryl methyl sites for hydroxylation is 1. The minimum absolute atomic E-state index is 0.102. The Morgan fingerprint density at radius 3 is 2.48 bits per heavy atom. The summed E-state index contributed by atoms with van der Waals surface area (Å²) in [4.78, 5) is 36.8. The molecule has 2 heterocycles. The number of aliphatic imine (C=N–C) groups is 1. The summed E-state index contributed by atoms with van der Waals surface area (Å²) in [5.74, 6) is 0.840. The molecule has 0 unspecified atom stereocenters. The minimum Gasteiger partial charge on any atom is -0.357 e. The summed E-state index contributed by atoms with van der Waals surface area (Å²) in [6, 6.07) is 0. The number of amides is 2. The first kappa shape index (κ1) is 19.2. The average molecular weight is 366 g/mol. The first-order valence-electron chi connectivity index (χ1n) is 8.50. The fourth-order valence-electron chi connectivity index (χ4n) is 2.59. The van der Waals surface area contributed by atoms with Gasteiger partial charge in [-0.15, -0.1) is 11.3 Å². The van der Waals surface area contributed by atoms with Gasteiger partial charge in [0.05, 0.1) is 17.7 Å². The van der Waals surface area contributed by atoms with Crippen LogP contribution in [0.3, 0.4) is 0 Å². The molecule has 1 aliphatic heterocycles. The molecule has 8 nitrogen and oxygen atoms in total. The molecule has 2 N–H and O–H groups in total. The standard InChI is InChI=1S/C16H26N6O2S/c1-4-17-16(22-9-7-21(8-10-22)13(3)23)19-6-5-18-15(24)14-12(2)20-11-25-14/h11H,4-10H2,1-3H3,(H,17,19)(H,18,24). The van der Waals surface area contributed by atoms with Crippen molar-refractivity contribution in [2.24, 2.45) is 4.99 Å². The van der Waals surface area contributed by atoms with Crippen LogP contribution in [0.25, 0.3) is 0 Å². The van der Waals surface area contributed by atoms with Crippen LogP contribution in [0.1, 0.15) is 29.2 Å². The number of carbonyl (C=O) groups excluding carboxylic acids is 2. The number of thiazole rings is 1. The molecular formula is C16H26N6O2S. The molecule has 2 rings (SSSR count). The molecular weight excluding hydrogens is 340 g/mol. The fourth-order valence-corrected chi connectivity index (χ4v) is 3.31. The smallest absolute Gasteiger partial charge is 0.263 e. The Labute approximate surface area is 152 Å². The lowest BCUT2D eigenvalue weighted by molar-refractivity contribution is -0.130. The van der Waals surface area contributed by atoms with E-state index in [0.29, 0.717) is 31.1 Å². The SMILES string of the molecule is CCNC(=NCCNC(=O)c1scnc1C)N1CCN(C(C)=O)CC1. The van der Waals surface area contributed by atoms with Crippen LogP contribution in [0.5, 0.6) is 0 Å². The minimum atomic E-state index is -0.102. The Kier molecular flexibility index (Phi) is 7.17. The molecule has 0 spiro atoms. The van der Waals surface area contributed by atoms with Gasteiger partial charge in [-0.1, -0.05) is 0 Å². The Balaban J connectivity index is 1.82. The Morgan fingerprint density at radius 1 is 1.24 bits per heavy atom. The van der Waals surface area contributed by atoms with Crippen LogP contribution in [-0.2, 0) is 4.79 Å². The molecule has 0 bridgehead atoms. The van der Waals surface area contributed by atoms with Gasteiger partial charge in [-0.25, -0.2) is 4.98 Å². The molecule has 0 aromatic carbocycles. The van der Waals surface area contributed by atoms with Gasteiger partial charge in [0.25, 0.3) is 5.91 Å². The molecule has 2 amide bonds. The maximum Gasteiger partial charge on any atom is 0.263 e. The quantitative estimate of drug-likeness (QED) is 0.445. The van der Waals surface area contributed by atoms with Crippen LogP contribution in [0, 0.1) is 6.92 Å². The lowest BCUT2D eigenvalue weighted by Crippen LogP contribution is -2.53. The highest BCUT2D eigenvalue weighted by Gasteiger charge is 2.20. The van der Waals surface area contributed by atoms with Crippen LogP contribution in [-0.4, -0.2) is 78.4 Å². The summed E-state index contributed by atoms with van der Waals surface area (Å²) < 4.78 is 0. The number of hydrogen-bond acceptors (Lipinski definition) is 5. The zero-order valence-electron chi connectivity index (χ0n) is 15.0. The third kappa shape index (κ3) is 5.42. The van der Waals surface area contributed by atoms with Gasteiger partial charge in [-0.05, 0) is 13.8 Å². The molecule has 1 saturated heterocycles. The largest absolute Gasteiger partial charge is 0.357 e. The predicted octanol–water partition coefficient (Wildman–Crippen LogP) is 0.311. The maximum atomic E-state index is 12.0. The molecule has 25 heavy (non-hydrogen) atoms. The maximum absolute atomic E-state index is 12.0. The van der Waals surface area contributed by atoms with E-state index in [2.05, 4.69) is 25.5 Å². The number of nitrogens with zero attached hydrogens (tertiary/aromatic N) is 4. The number of nitrogens with one attached hydrogen (secondary N) is 2. The summed E-state index contributed by atoms with van der Waals surface area (Å²) >= 11 is 1.34. The third-order valence-corrected chi connectivity index (χ3v) is 4.90. The number of piperazine rings is 1. The van der Waals surface area contributed by atoms with E-state index in [-0.39, 0.29) is 11.8 Å². The summed E-state index contributed by atoms with van der Waals surface area (Å²) in [5.41, 5.74) is 2.43. The third-order valence-electron chi connectivity index (χ3n) is 3.97. The molecule has 0 atom stereocenters. The van der Waals surface area contributed by atoms with Crippen molar-refractivity contribution in [1.82, 2.24) is 25.4 Å². The molecule has 0 saturated carbocycles. The van der Waals surface area contributed by atoms with E-state index in [0.717, 1.165) is 31.3 Å². The lowest BCUT2D eigenvalue weighted by atomic mass is 10.3. The number of hydrogen-bond donors (Lipinski definition) is 2. The number of rotatable bonds is 5. The second-order valence-corrected chi connectivity index (χ2v) is 6.61. The first-order chi connectivity index (χ1) is 12.0. The van der Waals surface area contributed by atoms with Gasteiger partial charge >= 0.3 is 0 Å². The molecule has 138 valence electrons. The second-order valence-electron chi connectivity index (χ2n) is 5.75. The van der Waals surface area contributed by atoms with Crippen molar-refractivity contribution in [1.29, 1.82) is 0 Å². The number of aromatic nitrogens is 1. The molecule has 1 aromatic heterocycles. The molecule has 1 aliphatic rings. The molecule has 0 aliphatic carbocycles. The molecule has 1 aromatic rings. The Morgan fingerprint density at radius 2 is 1.92 bits per heavy atom. The highest BCUT2D eigenvalue weighted by molar-refractivity contribution is 7.11. The molecule has 0 radical (unpaired) electrons. The predicted molar refractivity (Wildman–Crippen MR) is 99.0 cm³/mol. The topological polar surface area (TPSA) is 89.9 Å². The van der Waals surface area contributed by atoms with Crippen molar-refractivity contribution >= 4 is 29.1 Å². The lowest BCUT2D eigenvalue weighted by Gasteiger charge is -2.36. The van der Waals surface area contributed by atoms with Crippen molar-refractivity contribution in [2.75, 3.05) is 45.8 Å². The van der Waals surface area contributed by atoms with E-state index in [9.17, 15) is 9.59 Å². The van der Waals surface area contributed by atoms with Crippen LogP contribution in [0.2, 0.25) is 0 Å². The van der Waals surface area contributed by atoms with Gasteiger partial charge in [0.2, 0.25) is 5.91 Å². The zero-order valence-corrected chi connectivity index (χ0v) is 15.9. The summed E-state index contributed by atoms with van der Waals surface area (Å²) in [6.07, 6.45) is 0.